The van der Waals surface area contributed by atoms with Crippen LogP contribution in [-0.2, 0) is 14.3 Å². The van der Waals surface area contributed by atoms with Gasteiger partial charge in [0, 0.05) is 23.7 Å². The molecule has 0 saturated carbocycles. The third-order valence-corrected chi connectivity index (χ3v) is 4.58. The molecule has 1 aromatic carbocycles. The number of ether oxygens (including phenoxy) is 2. The molecule has 1 aromatic rings. The minimum atomic E-state index is -0.641. The Morgan fingerprint density at radius 3 is 2.48 bits per heavy atom. The van der Waals surface area contributed by atoms with Gasteiger partial charge in [0.15, 0.2) is 0 Å². The van der Waals surface area contributed by atoms with Crippen molar-refractivity contribution >= 4 is 23.8 Å². The molecule has 1 saturated heterocycles. The first kappa shape index (κ1) is 19.6. The third kappa shape index (κ3) is 6.96. The van der Waals surface area contributed by atoms with Crippen LogP contribution in [0.5, 0.6) is 0 Å². The summed E-state index contributed by atoms with van der Waals surface area (Å²) >= 11 is 1.53. The highest BCUT2D eigenvalue weighted by Crippen LogP contribution is 2.19. The summed E-state index contributed by atoms with van der Waals surface area (Å²) in [5, 5.41) is 2.73. The van der Waals surface area contributed by atoms with Crippen molar-refractivity contribution in [3.05, 3.63) is 30.3 Å². The number of alkyl carbamates (subject to hydrolysis) is 1. The van der Waals surface area contributed by atoms with Crippen LogP contribution in [0.1, 0.15) is 20.8 Å². The molecule has 1 unspecified atom stereocenters. The van der Waals surface area contributed by atoms with E-state index in [1.54, 1.807) is 25.7 Å². The monoisotopic (exact) mass is 366 g/mol. The van der Waals surface area contributed by atoms with E-state index in [2.05, 4.69) is 5.32 Å². The maximum atomic E-state index is 12.8. The molecule has 7 heteroatoms. The van der Waals surface area contributed by atoms with Crippen LogP contribution < -0.4 is 5.32 Å². The Morgan fingerprint density at radius 2 is 1.88 bits per heavy atom. The standard InChI is InChI=1S/C18H26N2O4S/c1-18(2,3)24-17(22)19-15(13-25-14-7-5-4-6-8-14)16(21)20-9-11-23-12-10-20/h4-8,15H,9-13H2,1-3H3,(H,19,22). The molecule has 0 spiro atoms. The number of hydrogen-bond donors (Lipinski definition) is 1. The molecule has 1 aliphatic rings. The lowest BCUT2D eigenvalue weighted by atomic mass is 10.2. The predicted molar refractivity (Wildman–Crippen MR) is 97.7 cm³/mol. The number of nitrogens with zero attached hydrogens (tertiary/aromatic N) is 1. The number of carbonyl (C=O) groups is 2. The summed E-state index contributed by atoms with van der Waals surface area (Å²) in [6, 6.07) is 9.16. The van der Waals surface area contributed by atoms with E-state index in [4.69, 9.17) is 9.47 Å². The lowest BCUT2D eigenvalue weighted by molar-refractivity contribution is -0.136. The van der Waals surface area contributed by atoms with E-state index >= 15 is 0 Å². The highest BCUT2D eigenvalue weighted by molar-refractivity contribution is 7.99. The summed E-state index contributed by atoms with van der Waals surface area (Å²) in [6.07, 6.45) is -0.576. The fourth-order valence-electron chi connectivity index (χ4n) is 2.32. The molecule has 6 nitrogen and oxygen atoms in total. The van der Waals surface area contributed by atoms with Crippen molar-refractivity contribution in [2.45, 2.75) is 37.3 Å². The Hall–Kier alpha value is -1.73. The van der Waals surface area contributed by atoms with Crippen LogP contribution in [0.2, 0.25) is 0 Å². The molecule has 1 atom stereocenters. The summed E-state index contributed by atoms with van der Waals surface area (Å²) in [5.74, 6) is 0.344. The molecule has 1 N–H and O–H groups in total. The second kappa shape index (κ2) is 9.10. The highest BCUT2D eigenvalue weighted by Gasteiger charge is 2.29. The van der Waals surface area contributed by atoms with Gasteiger partial charge in [-0.1, -0.05) is 18.2 Å². The van der Waals surface area contributed by atoms with Crippen molar-refractivity contribution < 1.29 is 19.1 Å². The van der Waals surface area contributed by atoms with Gasteiger partial charge in [0.2, 0.25) is 5.91 Å². The first-order valence-corrected chi connectivity index (χ1v) is 9.37. The van der Waals surface area contributed by atoms with Crippen molar-refractivity contribution in [1.82, 2.24) is 10.2 Å². The Morgan fingerprint density at radius 1 is 1.24 bits per heavy atom. The summed E-state index contributed by atoms with van der Waals surface area (Å²) in [4.78, 5) is 27.7. The molecule has 1 fully saturated rings. The largest absolute Gasteiger partial charge is 0.444 e. The Bertz CT molecular complexity index is 568. The predicted octanol–water partition coefficient (Wildman–Crippen LogP) is 2.53. The second-order valence-corrected chi connectivity index (χ2v) is 7.85. The number of morpholine rings is 1. The topological polar surface area (TPSA) is 67.9 Å². The van der Waals surface area contributed by atoms with Crippen molar-refractivity contribution in [3.8, 4) is 0 Å². The lowest BCUT2D eigenvalue weighted by Crippen LogP contribution is -2.53. The van der Waals surface area contributed by atoms with Gasteiger partial charge in [0.25, 0.3) is 0 Å². The SMILES string of the molecule is CC(C)(C)OC(=O)NC(CSc1ccccc1)C(=O)N1CCOCC1. The fraction of sp³-hybridized carbons (Fsp3) is 0.556. The highest BCUT2D eigenvalue weighted by atomic mass is 32.2. The van der Waals surface area contributed by atoms with Gasteiger partial charge in [-0.15, -0.1) is 11.8 Å². The maximum Gasteiger partial charge on any atom is 0.408 e. The molecular weight excluding hydrogens is 340 g/mol. The van der Waals surface area contributed by atoms with Crippen LogP contribution in [0.15, 0.2) is 35.2 Å². The van der Waals surface area contributed by atoms with Gasteiger partial charge in [0.05, 0.1) is 13.2 Å². The zero-order valence-electron chi connectivity index (χ0n) is 15.0. The third-order valence-electron chi connectivity index (χ3n) is 3.47. The van der Waals surface area contributed by atoms with Crippen molar-refractivity contribution in [2.24, 2.45) is 0 Å². The van der Waals surface area contributed by atoms with E-state index in [9.17, 15) is 9.59 Å². The average molecular weight is 366 g/mol. The number of amides is 2. The summed E-state index contributed by atoms with van der Waals surface area (Å²) in [5.41, 5.74) is -0.608. The van der Waals surface area contributed by atoms with E-state index in [0.717, 1.165) is 4.90 Å². The van der Waals surface area contributed by atoms with Crippen LogP contribution in [0, 0.1) is 0 Å². The normalized spacial score (nSPS) is 16.2. The quantitative estimate of drug-likeness (QED) is 0.811. The van der Waals surface area contributed by atoms with Crippen LogP contribution >= 0.6 is 11.8 Å². The average Bonchev–Trinajstić information content (AvgIpc) is 2.58. The van der Waals surface area contributed by atoms with Gasteiger partial charge in [-0.05, 0) is 32.9 Å². The minimum Gasteiger partial charge on any atom is -0.444 e. The lowest BCUT2D eigenvalue weighted by Gasteiger charge is -2.31. The Kier molecular flexibility index (Phi) is 7.13. The van der Waals surface area contributed by atoms with Crippen LogP contribution in [0.3, 0.4) is 0 Å². The van der Waals surface area contributed by atoms with Crippen molar-refractivity contribution in [3.63, 3.8) is 0 Å². The molecule has 0 aromatic heterocycles. The molecule has 2 rings (SSSR count). The smallest absolute Gasteiger partial charge is 0.408 e. The molecule has 1 heterocycles. The fourth-order valence-corrected chi connectivity index (χ4v) is 3.26. The molecule has 0 aliphatic carbocycles. The number of hydrogen-bond acceptors (Lipinski definition) is 5. The van der Waals surface area contributed by atoms with Crippen molar-refractivity contribution in [1.29, 1.82) is 0 Å². The molecule has 138 valence electrons. The first-order valence-electron chi connectivity index (χ1n) is 8.39. The van der Waals surface area contributed by atoms with E-state index in [1.165, 1.54) is 11.8 Å². The summed E-state index contributed by atoms with van der Waals surface area (Å²) in [7, 11) is 0. The van der Waals surface area contributed by atoms with Crippen LogP contribution in [0.25, 0.3) is 0 Å². The molecule has 1 aliphatic heterocycles. The van der Waals surface area contributed by atoms with Crippen molar-refractivity contribution in [2.75, 3.05) is 32.1 Å². The summed E-state index contributed by atoms with van der Waals surface area (Å²) < 4.78 is 10.6. The number of nitrogens with one attached hydrogen (secondary N) is 1. The van der Waals surface area contributed by atoms with E-state index < -0.39 is 17.7 Å². The Labute approximate surface area is 153 Å². The number of carbonyl (C=O) groups excluding carboxylic acids is 2. The van der Waals surface area contributed by atoms with Crippen LogP contribution in [-0.4, -0.2) is 60.6 Å². The second-order valence-electron chi connectivity index (χ2n) is 6.76. The number of thioether (sulfide) groups is 1. The van der Waals surface area contributed by atoms with Gasteiger partial charge in [-0.3, -0.25) is 4.79 Å². The van der Waals surface area contributed by atoms with E-state index in [1.807, 2.05) is 30.3 Å². The van der Waals surface area contributed by atoms with Gasteiger partial charge >= 0.3 is 6.09 Å². The Balaban J connectivity index is 2.01. The number of rotatable bonds is 5. The van der Waals surface area contributed by atoms with Gasteiger partial charge < -0.3 is 19.7 Å². The first-order chi connectivity index (χ1) is 11.8. The summed E-state index contributed by atoms with van der Waals surface area (Å²) in [6.45, 7) is 7.52. The molecule has 2 amide bonds. The van der Waals surface area contributed by atoms with Gasteiger partial charge in [0.1, 0.15) is 11.6 Å². The van der Waals surface area contributed by atoms with Gasteiger partial charge in [-0.2, -0.15) is 0 Å². The molecule has 25 heavy (non-hydrogen) atoms. The van der Waals surface area contributed by atoms with E-state index in [0.29, 0.717) is 32.1 Å². The van der Waals surface area contributed by atoms with Crippen LogP contribution in [0.4, 0.5) is 4.79 Å². The number of benzene rings is 1. The molecule has 0 bridgehead atoms. The molecule has 0 radical (unpaired) electrons. The van der Waals surface area contributed by atoms with E-state index in [-0.39, 0.29) is 5.91 Å². The zero-order chi connectivity index (χ0) is 18.3. The zero-order valence-corrected chi connectivity index (χ0v) is 15.8. The molecular formula is C18H26N2O4S. The maximum absolute atomic E-state index is 12.8. The minimum absolute atomic E-state index is 0.0995. The van der Waals surface area contributed by atoms with Gasteiger partial charge in [-0.25, -0.2) is 4.79 Å².